The molecule has 1 amide bonds. The molecule has 0 aliphatic carbocycles. The fourth-order valence-electron chi connectivity index (χ4n) is 2.27. The lowest BCUT2D eigenvalue weighted by Gasteiger charge is -2.31. The fraction of sp³-hybridized carbons (Fsp3) is 0.462. The zero-order valence-electron chi connectivity index (χ0n) is 11.3. The van der Waals surface area contributed by atoms with Gasteiger partial charge >= 0.3 is 5.69 Å². The van der Waals surface area contributed by atoms with E-state index in [1.165, 1.54) is 11.9 Å². The van der Waals surface area contributed by atoms with Crippen LogP contribution in [0.25, 0.3) is 0 Å². The smallest absolute Gasteiger partial charge is 0.307 e. The van der Waals surface area contributed by atoms with Crippen molar-refractivity contribution in [3.05, 3.63) is 39.4 Å². The van der Waals surface area contributed by atoms with Gasteiger partial charge in [0.05, 0.1) is 16.6 Å². The van der Waals surface area contributed by atoms with Gasteiger partial charge in [0.25, 0.3) is 5.91 Å². The van der Waals surface area contributed by atoms with Crippen molar-refractivity contribution < 1.29 is 23.2 Å². The van der Waals surface area contributed by atoms with E-state index in [0.29, 0.717) is 38.2 Å². The van der Waals surface area contributed by atoms with Gasteiger partial charge in [-0.15, -0.1) is 0 Å². The van der Waals surface area contributed by atoms with Gasteiger partial charge in [0, 0.05) is 26.3 Å². The third kappa shape index (κ3) is 3.15. The normalized spacial score (nSPS) is 15.8. The Morgan fingerprint density at radius 3 is 2.52 bits per heavy atom. The maximum absolute atomic E-state index is 13.8. The molecule has 21 heavy (non-hydrogen) atoms. The van der Waals surface area contributed by atoms with Crippen LogP contribution in [0.3, 0.4) is 0 Å². The summed E-state index contributed by atoms with van der Waals surface area (Å²) in [5.41, 5.74) is -1.50. The van der Waals surface area contributed by atoms with Gasteiger partial charge in [0.2, 0.25) is 5.82 Å². The molecule has 0 bridgehead atoms. The van der Waals surface area contributed by atoms with Gasteiger partial charge in [-0.3, -0.25) is 14.9 Å². The molecule has 1 saturated heterocycles. The number of carbonyl (C=O) groups excluding carboxylic acids is 1. The van der Waals surface area contributed by atoms with Crippen LogP contribution in [0, 0.1) is 21.7 Å². The number of nitro benzene ring substituents is 1. The summed E-state index contributed by atoms with van der Waals surface area (Å²) in [4.78, 5) is 23.0. The molecule has 0 spiro atoms. The van der Waals surface area contributed by atoms with Crippen LogP contribution in [-0.4, -0.2) is 42.0 Å². The van der Waals surface area contributed by atoms with Crippen molar-refractivity contribution in [2.24, 2.45) is 0 Å². The predicted molar refractivity (Wildman–Crippen MR) is 68.9 cm³/mol. The standard InChI is InChI=1S/C13H14F2N2O4/c1-16(8-2-4-21-5-3-8)13(18)9-6-11(15)12(17(19)20)7-10(9)14/h6-8H,2-5H2,1H3. The minimum atomic E-state index is -1.23. The molecule has 1 aliphatic rings. The van der Waals surface area contributed by atoms with Gasteiger partial charge in [0.15, 0.2) is 0 Å². The minimum absolute atomic E-state index is 0.121. The Bertz CT molecular complexity index is 574. The van der Waals surface area contributed by atoms with Crippen molar-refractivity contribution >= 4 is 11.6 Å². The van der Waals surface area contributed by atoms with Crippen LogP contribution >= 0.6 is 0 Å². The van der Waals surface area contributed by atoms with Crippen LogP contribution in [0.1, 0.15) is 23.2 Å². The zero-order valence-corrected chi connectivity index (χ0v) is 11.3. The summed E-state index contributed by atoms with van der Waals surface area (Å²) < 4.78 is 32.5. The van der Waals surface area contributed by atoms with E-state index < -0.39 is 33.7 Å². The summed E-state index contributed by atoms with van der Waals surface area (Å²) in [5, 5.41) is 10.5. The number of ether oxygens (including phenoxy) is 1. The van der Waals surface area contributed by atoms with E-state index in [0.717, 1.165) is 0 Å². The zero-order chi connectivity index (χ0) is 15.6. The molecule has 1 aliphatic heterocycles. The largest absolute Gasteiger partial charge is 0.381 e. The van der Waals surface area contributed by atoms with Crippen LogP contribution in [-0.2, 0) is 4.74 Å². The second-order valence-electron chi connectivity index (χ2n) is 4.80. The second kappa shape index (κ2) is 6.13. The van der Waals surface area contributed by atoms with E-state index in [1.54, 1.807) is 0 Å². The summed E-state index contributed by atoms with van der Waals surface area (Å²) >= 11 is 0. The molecule has 0 N–H and O–H groups in total. The van der Waals surface area contributed by atoms with Crippen LogP contribution in [0.2, 0.25) is 0 Å². The lowest BCUT2D eigenvalue weighted by molar-refractivity contribution is -0.387. The quantitative estimate of drug-likeness (QED) is 0.633. The fourth-order valence-corrected chi connectivity index (χ4v) is 2.27. The molecular formula is C13H14F2N2O4. The Labute approximate surface area is 119 Å². The van der Waals surface area contributed by atoms with Gasteiger partial charge in [-0.2, -0.15) is 4.39 Å². The van der Waals surface area contributed by atoms with Crippen molar-refractivity contribution in [2.75, 3.05) is 20.3 Å². The number of amides is 1. The highest BCUT2D eigenvalue weighted by molar-refractivity contribution is 5.94. The van der Waals surface area contributed by atoms with E-state index in [-0.39, 0.29) is 6.04 Å². The topological polar surface area (TPSA) is 72.7 Å². The van der Waals surface area contributed by atoms with Gasteiger partial charge in [-0.05, 0) is 18.9 Å². The summed E-state index contributed by atoms with van der Waals surface area (Å²) in [6, 6.07) is 0.885. The van der Waals surface area contributed by atoms with Crippen molar-refractivity contribution in [3.63, 3.8) is 0 Å². The molecule has 0 radical (unpaired) electrons. The molecule has 0 aromatic heterocycles. The number of hydrogen-bond donors (Lipinski definition) is 0. The molecule has 0 saturated carbocycles. The number of nitrogens with zero attached hydrogens (tertiary/aromatic N) is 2. The molecule has 1 aromatic rings. The van der Waals surface area contributed by atoms with Crippen molar-refractivity contribution in [1.29, 1.82) is 0 Å². The Hall–Kier alpha value is -2.09. The van der Waals surface area contributed by atoms with Crippen molar-refractivity contribution in [3.8, 4) is 0 Å². The Morgan fingerprint density at radius 1 is 1.33 bits per heavy atom. The minimum Gasteiger partial charge on any atom is -0.381 e. The first-order valence-electron chi connectivity index (χ1n) is 6.40. The van der Waals surface area contributed by atoms with E-state index >= 15 is 0 Å². The highest BCUT2D eigenvalue weighted by atomic mass is 19.1. The lowest BCUT2D eigenvalue weighted by Crippen LogP contribution is -2.41. The average Bonchev–Trinajstić information content (AvgIpc) is 2.48. The first kappa shape index (κ1) is 15.3. The molecule has 1 heterocycles. The third-order valence-electron chi connectivity index (χ3n) is 3.52. The third-order valence-corrected chi connectivity index (χ3v) is 3.52. The second-order valence-corrected chi connectivity index (χ2v) is 4.80. The highest BCUT2D eigenvalue weighted by Gasteiger charge is 2.28. The average molecular weight is 300 g/mol. The summed E-state index contributed by atoms with van der Waals surface area (Å²) in [7, 11) is 1.50. The monoisotopic (exact) mass is 300 g/mol. The van der Waals surface area contributed by atoms with Crippen LogP contribution in [0.15, 0.2) is 12.1 Å². The first-order chi connectivity index (χ1) is 9.91. The lowest BCUT2D eigenvalue weighted by atomic mass is 10.1. The molecule has 0 atom stereocenters. The van der Waals surface area contributed by atoms with Gasteiger partial charge in [-0.25, -0.2) is 4.39 Å². The molecule has 1 aromatic carbocycles. The van der Waals surface area contributed by atoms with Gasteiger partial charge in [0.1, 0.15) is 5.82 Å². The van der Waals surface area contributed by atoms with Crippen LogP contribution in [0.4, 0.5) is 14.5 Å². The summed E-state index contributed by atoms with van der Waals surface area (Å²) in [6.07, 6.45) is 1.22. The SMILES string of the molecule is CN(C(=O)c1cc(F)c([N+](=O)[O-])cc1F)C1CCOCC1. The molecule has 1 fully saturated rings. The number of rotatable bonds is 3. The van der Waals surface area contributed by atoms with Gasteiger partial charge < -0.3 is 9.64 Å². The maximum Gasteiger partial charge on any atom is 0.307 e. The van der Waals surface area contributed by atoms with Crippen molar-refractivity contribution in [2.45, 2.75) is 18.9 Å². The highest BCUT2D eigenvalue weighted by Crippen LogP contribution is 2.23. The maximum atomic E-state index is 13.8. The number of halogens is 2. The van der Waals surface area contributed by atoms with Crippen LogP contribution in [0.5, 0.6) is 0 Å². The van der Waals surface area contributed by atoms with Gasteiger partial charge in [-0.1, -0.05) is 0 Å². The van der Waals surface area contributed by atoms with E-state index in [9.17, 15) is 23.7 Å². The van der Waals surface area contributed by atoms with E-state index in [1.807, 2.05) is 0 Å². The predicted octanol–water partition coefficient (Wildman–Crippen LogP) is 2.12. The molecule has 8 heteroatoms. The Kier molecular flexibility index (Phi) is 4.46. The molecule has 114 valence electrons. The summed E-state index contributed by atoms with van der Waals surface area (Å²) in [5.74, 6) is -3.04. The molecular weight excluding hydrogens is 286 g/mol. The van der Waals surface area contributed by atoms with E-state index in [2.05, 4.69) is 0 Å². The number of nitro groups is 1. The Balaban J connectivity index is 2.26. The summed E-state index contributed by atoms with van der Waals surface area (Å²) in [6.45, 7) is 0.999. The number of hydrogen-bond acceptors (Lipinski definition) is 4. The van der Waals surface area contributed by atoms with E-state index in [4.69, 9.17) is 4.74 Å². The molecule has 2 rings (SSSR count). The molecule has 6 nitrogen and oxygen atoms in total. The number of carbonyl (C=O) groups is 1. The molecule has 0 unspecified atom stereocenters. The number of benzene rings is 1. The Morgan fingerprint density at radius 2 is 1.95 bits per heavy atom. The van der Waals surface area contributed by atoms with Crippen LogP contribution < -0.4 is 0 Å². The first-order valence-corrected chi connectivity index (χ1v) is 6.40. The van der Waals surface area contributed by atoms with Crippen molar-refractivity contribution in [1.82, 2.24) is 4.90 Å².